The number of nitrogens with two attached hydrogens (primary N) is 1. The molecule has 210 valence electrons. The molecule has 0 radical (unpaired) electrons. The molecule has 6 aromatic rings. The van der Waals surface area contributed by atoms with Gasteiger partial charge in [0.2, 0.25) is 0 Å². The van der Waals surface area contributed by atoms with E-state index in [1.165, 1.54) is 49.7 Å². The highest BCUT2D eigenvalue weighted by Crippen LogP contribution is 2.61. The zero-order valence-corrected chi connectivity index (χ0v) is 24.9. The predicted octanol–water partition coefficient (Wildman–Crippen LogP) is 10.6. The number of benzene rings is 6. The Balaban J connectivity index is 1.65. The molecule has 8 rings (SSSR count). The summed E-state index contributed by atoms with van der Waals surface area (Å²) in [5.41, 5.74) is 21.5. The lowest BCUT2D eigenvalue weighted by Crippen LogP contribution is -2.20. The van der Waals surface area contributed by atoms with Crippen molar-refractivity contribution in [2.24, 2.45) is 0 Å². The van der Waals surface area contributed by atoms with Crippen LogP contribution in [0.1, 0.15) is 48.3 Å². The van der Waals surface area contributed by atoms with Crippen LogP contribution in [0.25, 0.3) is 55.3 Å². The van der Waals surface area contributed by atoms with Gasteiger partial charge in [-0.3, -0.25) is 0 Å². The van der Waals surface area contributed by atoms with Crippen LogP contribution in [0.3, 0.4) is 0 Å². The first kappa shape index (κ1) is 25.7. The summed E-state index contributed by atoms with van der Waals surface area (Å²) < 4.78 is 13.6. The van der Waals surface area contributed by atoms with Crippen molar-refractivity contribution in [1.82, 2.24) is 0 Å². The minimum absolute atomic E-state index is 0.194. The topological polar surface area (TPSA) is 44.5 Å². The Morgan fingerprint density at radius 3 is 1.63 bits per heavy atom. The maximum atomic E-state index is 6.87. The van der Waals surface area contributed by atoms with Gasteiger partial charge in [0.15, 0.2) is 0 Å². The summed E-state index contributed by atoms with van der Waals surface area (Å²) >= 11 is 0. The lowest BCUT2D eigenvalue weighted by Gasteiger charge is -2.38. The van der Waals surface area contributed by atoms with Crippen LogP contribution < -0.4 is 15.2 Å². The van der Waals surface area contributed by atoms with E-state index in [4.69, 9.17) is 15.2 Å². The number of hydrogen-bond donors (Lipinski definition) is 1. The molecule has 3 heteroatoms. The molecule has 6 aromatic carbocycles. The Bertz CT molecular complexity index is 2070. The van der Waals surface area contributed by atoms with E-state index in [1.54, 1.807) is 0 Å². The molecule has 0 saturated carbocycles. The van der Waals surface area contributed by atoms with Crippen molar-refractivity contribution in [2.45, 2.75) is 39.9 Å². The van der Waals surface area contributed by atoms with Gasteiger partial charge in [-0.2, -0.15) is 0 Å². The Morgan fingerprint density at radius 2 is 1.02 bits per heavy atom. The molecule has 0 amide bonds. The fraction of sp³-hybridized carbons (Fsp3) is 0.150. The minimum Gasteiger partial charge on any atom is -0.485 e. The minimum atomic E-state index is -0.202. The van der Waals surface area contributed by atoms with E-state index in [0.717, 1.165) is 39.3 Å². The van der Waals surface area contributed by atoms with Crippen molar-refractivity contribution < 1.29 is 9.47 Å². The third kappa shape index (κ3) is 3.81. The van der Waals surface area contributed by atoms with E-state index in [2.05, 4.69) is 113 Å². The second kappa shape index (κ2) is 9.50. The SMILES string of the molecule is Cc1ccc(-c2c(-c3ccc(C)cc3)c3c(c4c2[C@@H](C)Oc2cccc(N)c2-4)-c2c(ccc4ccccc24)O[C@@H]3C)cc1. The van der Waals surface area contributed by atoms with E-state index in [0.29, 0.717) is 5.69 Å². The van der Waals surface area contributed by atoms with Crippen molar-refractivity contribution in [3.05, 3.63) is 125 Å². The number of rotatable bonds is 2. The zero-order valence-electron chi connectivity index (χ0n) is 24.9. The Hall–Kier alpha value is -5.02. The van der Waals surface area contributed by atoms with Crippen molar-refractivity contribution in [3.8, 4) is 56.0 Å². The van der Waals surface area contributed by atoms with Crippen molar-refractivity contribution in [1.29, 1.82) is 0 Å². The summed E-state index contributed by atoms with van der Waals surface area (Å²) in [6.45, 7) is 8.61. The molecule has 0 saturated heterocycles. The van der Waals surface area contributed by atoms with Gasteiger partial charge in [0.05, 0.1) is 0 Å². The van der Waals surface area contributed by atoms with Crippen LogP contribution in [0.15, 0.2) is 103 Å². The molecule has 2 atom stereocenters. The average Bonchev–Trinajstić information content (AvgIpc) is 3.01. The van der Waals surface area contributed by atoms with Crippen LogP contribution in [0, 0.1) is 13.8 Å². The normalized spacial score (nSPS) is 16.4. The molecule has 2 heterocycles. The molecule has 0 spiro atoms. The maximum absolute atomic E-state index is 6.87. The highest BCUT2D eigenvalue weighted by atomic mass is 16.5. The molecule has 2 N–H and O–H groups in total. The van der Waals surface area contributed by atoms with Crippen LogP contribution >= 0.6 is 0 Å². The second-order valence-corrected chi connectivity index (χ2v) is 12.0. The number of aryl methyl sites for hydroxylation is 2. The fourth-order valence-electron chi connectivity index (χ4n) is 7.18. The van der Waals surface area contributed by atoms with Gasteiger partial charge in [0, 0.05) is 39.1 Å². The third-order valence-electron chi connectivity index (χ3n) is 9.13. The van der Waals surface area contributed by atoms with Gasteiger partial charge in [-0.15, -0.1) is 0 Å². The van der Waals surface area contributed by atoms with Gasteiger partial charge in [-0.05, 0) is 78.9 Å². The molecule has 2 aliphatic rings. The van der Waals surface area contributed by atoms with Crippen molar-refractivity contribution >= 4 is 16.5 Å². The highest BCUT2D eigenvalue weighted by molar-refractivity contribution is 6.12. The van der Waals surface area contributed by atoms with Gasteiger partial charge in [-0.25, -0.2) is 0 Å². The summed E-state index contributed by atoms with van der Waals surface area (Å²) in [7, 11) is 0. The second-order valence-electron chi connectivity index (χ2n) is 12.0. The Labute approximate surface area is 252 Å². The summed E-state index contributed by atoms with van der Waals surface area (Å²) in [5.74, 6) is 1.72. The molecule has 0 fully saturated rings. The molecular formula is C40H33NO2. The van der Waals surface area contributed by atoms with Crippen LogP contribution in [0.4, 0.5) is 5.69 Å². The molecule has 0 aromatic heterocycles. The van der Waals surface area contributed by atoms with Crippen molar-refractivity contribution in [3.63, 3.8) is 0 Å². The number of nitrogen functional groups attached to an aromatic ring is 1. The van der Waals surface area contributed by atoms with E-state index < -0.39 is 0 Å². The summed E-state index contributed by atoms with van der Waals surface area (Å²) in [6.07, 6.45) is -0.396. The standard InChI is InChI=1S/C40H33NO2/c1-22-12-16-27(17-13-22)35-33-24(3)43-32-21-20-26-8-5-6-9-29(26)37(32)39(33)40-34(36(35)28-18-14-23(2)15-19-28)25(4)42-31-11-7-10-30(41)38(31)40/h5-21,24-25H,41H2,1-4H3/t24-,25-/m1/s1. The quantitative estimate of drug-likeness (QED) is 0.215. The number of fused-ring (bicyclic) bond motifs is 9. The first-order chi connectivity index (χ1) is 20.9. The summed E-state index contributed by atoms with van der Waals surface area (Å²) in [6, 6.07) is 36.7. The zero-order chi connectivity index (χ0) is 29.4. The van der Waals surface area contributed by atoms with E-state index in [1.807, 2.05) is 18.2 Å². The smallest absolute Gasteiger partial charge is 0.130 e. The molecule has 3 nitrogen and oxygen atoms in total. The molecule has 2 aliphatic heterocycles. The third-order valence-corrected chi connectivity index (χ3v) is 9.13. The van der Waals surface area contributed by atoms with Gasteiger partial charge in [0.25, 0.3) is 0 Å². The number of anilines is 1. The monoisotopic (exact) mass is 559 g/mol. The Kier molecular flexibility index (Phi) is 5.67. The van der Waals surface area contributed by atoms with Gasteiger partial charge >= 0.3 is 0 Å². The molecule has 0 aliphatic carbocycles. The predicted molar refractivity (Wildman–Crippen MR) is 178 cm³/mol. The summed E-state index contributed by atoms with van der Waals surface area (Å²) in [4.78, 5) is 0. The van der Waals surface area contributed by atoms with E-state index >= 15 is 0 Å². The Morgan fingerprint density at radius 1 is 0.488 bits per heavy atom. The van der Waals surface area contributed by atoms with E-state index in [-0.39, 0.29) is 12.2 Å². The molecular weight excluding hydrogens is 526 g/mol. The van der Waals surface area contributed by atoms with Crippen LogP contribution in [-0.4, -0.2) is 0 Å². The first-order valence-corrected chi connectivity index (χ1v) is 15.0. The van der Waals surface area contributed by atoms with Gasteiger partial charge < -0.3 is 15.2 Å². The lowest BCUT2D eigenvalue weighted by atomic mass is 9.72. The van der Waals surface area contributed by atoms with E-state index in [9.17, 15) is 0 Å². The molecule has 43 heavy (non-hydrogen) atoms. The fourth-order valence-corrected chi connectivity index (χ4v) is 7.18. The van der Waals surface area contributed by atoms with Crippen molar-refractivity contribution in [2.75, 3.05) is 5.73 Å². The first-order valence-electron chi connectivity index (χ1n) is 15.0. The molecule has 0 unspecified atom stereocenters. The largest absolute Gasteiger partial charge is 0.485 e. The molecule has 0 bridgehead atoms. The van der Waals surface area contributed by atoms with Crippen LogP contribution in [0.2, 0.25) is 0 Å². The highest BCUT2D eigenvalue weighted by Gasteiger charge is 2.39. The van der Waals surface area contributed by atoms with Crippen LogP contribution in [-0.2, 0) is 0 Å². The van der Waals surface area contributed by atoms with Gasteiger partial charge in [0.1, 0.15) is 23.7 Å². The lowest BCUT2D eigenvalue weighted by molar-refractivity contribution is 0.219. The average molecular weight is 560 g/mol. The number of ether oxygens (including phenoxy) is 2. The summed E-state index contributed by atoms with van der Waals surface area (Å²) in [5, 5.41) is 2.35. The van der Waals surface area contributed by atoms with Gasteiger partial charge in [-0.1, -0.05) is 96.1 Å². The van der Waals surface area contributed by atoms with Crippen LogP contribution in [0.5, 0.6) is 11.5 Å². The maximum Gasteiger partial charge on any atom is 0.130 e. The number of hydrogen-bond acceptors (Lipinski definition) is 3.